The summed E-state index contributed by atoms with van der Waals surface area (Å²) in [6.07, 6.45) is -0.0114. The van der Waals surface area contributed by atoms with Gasteiger partial charge in [0.05, 0.1) is 11.3 Å². The second-order valence-electron chi connectivity index (χ2n) is 3.92. The van der Waals surface area contributed by atoms with E-state index in [0.717, 1.165) is 18.7 Å². The number of ketones is 1. The highest BCUT2D eigenvalue weighted by atomic mass is 19.4. The Morgan fingerprint density at radius 3 is 2.47 bits per heavy atom. The van der Waals surface area contributed by atoms with Crippen LogP contribution in [0, 0.1) is 0 Å². The number of halogens is 3. The first-order valence-corrected chi connectivity index (χ1v) is 5.24. The molecule has 1 heterocycles. The molecular weight excluding hydrogens is 231 g/mol. The fourth-order valence-electron chi connectivity index (χ4n) is 1.73. The third-order valence-electron chi connectivity index (χ3n) is 2.64. The Balaban J connectivity index is 2.22. The molecule has 0 spiro atoms. The van der Waals surface area contributed by atoms with Gasteiger partial charge in [0, 0.05) is 12.6 Å². The van der Waals surface area contributed by atoms with Crippen LogP contribution in [0.15, 0.2) is 23.9 Å². The van der Waals surface area contributed by atoms with E-state index in [2.05, 4.69) is 4.98 Å². The van der Waals surface area contributed by atoms with Gasteiger partial charge in [0.15, 0.2) is 5.78 Å². The van der Waals surface area contributed by atoms with E-state index in [1.165, 1.54) is 6.07 Å². The molecule has 0 radical (unpaired) electrons. The van der Waals surface area contributed by atoms with Gasteiger partial charge in [0.2, 0.25) is 0 Å². The van der Waals surface area contributed by atoms with Crippen LogP contribution < -0.4 is 0 Å². The molecule has 1 aliphatic rings. The van der Waals surface area contributed by atoms with Crippen LogP contribution in [-0.4, -0.2) is 10.8 Å². The van der Waals surface area contributed by atoms with E-state index >= 15 is 0 Å². The van der Waals surface area contributed by atoms with Crippen LogP contribution in [0.25, 0.3) is 6.08 Å². The molecule has 2 rings (SSSR count). The first kappa shape index (κ1) is 11.8. The van der Waals surface area contributed by atoms with Crippen molar-refractivity contribution in [3.8, 4) is 0 Å². The smallest absolute Gasteiger partial charge is 0.295 e. The molecule has 1 aromatic rings. The molecule has 17 heavy (non-hydrogen) atoms. The van der Waals surface area contributed by atoms with Gasteiger partial charge in [-0.1, -0.05) is 0 Å². The zero-order valence-corrected chi connectivity index (χ0v) is 8.92. The van der Waals surface area contributed by atoms with Crippen molar-refractivity contribution in [1.29, 1.82) is 0 Å². The molecule has 0 aliphatic heterocycles. The van der Waals surface area contributed by atoms with Crippen LogP contribution in [0.1, 0.15) is 30.5 Å². The van der Waals surface area contributed by atoms with Crippen LogP contribution in [0.3, 0.4) is 0 Å². The number of alkyl halides is 3. The standard InChI is InChI=1S/C12H10F3NO/c13-12(14,15)9-4-5-10(16-7-9)6-8-2-1-3-11(8)17/h4-7H,1-3H2/b8-6-. The molecule has 2 nitrogen and oxygen atoms in total. The van der Waals surface area contributed by atoms with E-state index in [-0.39, 0.29) is 5.78 Å². The van der Waals surface area contributed by atoms with E-state index in [1.807, 2.05) is 0 Å². The normalized spacial score (nSPS) is 19.0. The summed E-state index contributed by atoms with van der Waals surface area (Å²) in [5.41, 5.74) is 0.262. The summed E-state index contributed by atoms with van der Waals surface area (Å²) < 4.78 is 36.8. The average Bonchev–Trinajstić information content (AvgIpc) is 2.64. The van der Waals surface area contributed by atoms with Crippen LogP contribution >= 0.6 is 0 Å². The highest BCUT2D eigenvalue weighted by molar-refractivity contribution is 6.01. The van der Waals surface area contributed by atoms with Crippen molar-refractivity contribution in [3.05, 3.63) is 35.2 Å². The number of Topliss-reactive ketones (excluding diaryl/α,β-unsaturated/α-hetero) is 1. The highest BCUT2D eigenvalue weighted by Gasteiger charge is 2.30. The fourth-order valence-corrected chi connectivity index (χ4v) is 1.73. The molecule has 1 saturated carbocycles. The van der Waals surface area contributed by atoms with Crippen molar-refractivity contribution in [1.82, 2.24) is 4.98 Å². The van der Waals surface area contributed by atoms with Gasteiger partial charge in [-0.25, -0.2) is 0 Å². The van der Waals surface area contributed by atoms with Crippen LogP contribution in [-0.2, 0) is 11.0 Å². The SMILES string of the molecule is O=C1CCC/C1=C/c1ccc(C(F)(F)F)cn1. The zero-order chi connectivity index (χ0) is 12.5. The molecule has 0 N–H and O–H groups in total. The number of hydrogen-bond acceptors (Lipinski definition) is 2. The van der Waals surface area contributed by atoms with Gasteiger partial charge in [-0.2, -0.15) is 13.2 Å². The molecule has 1 aromatic heterocycles. The Bertz CT molecular complexity index is 460. The van der Waals surface area contributed by atoms with Crippen LogP contribution in [0.2, 0.25) is 0 Å². The molecule has 0 amide bonds. The summed E-state index contributed by atoms with van der Waals surface area (Å²) in [7, 11) is 0. The lowest BCUT2D eigenvalue weighted by atomic mass is 10.1. The molecule has 0 aromatic carbocycles. The quantitative estimate of drug-likeness (QED) is 0.706. The van der Waals surface area contributed by atoms with Crippen LogP contribution in [0.5, 0.6) is 0 Å². The number of rotatable bonds is 1. The lowest BCUT2D eigenvalue weighted by Crippen LogP contribution is -2.05. The lowest BCUT2D eigenvalue weighted by molar-refractivity contribution is -0.137. The Labute approximate surface area is 96.2 Å². The maximum absolute atomic E-state index is 12.3. The van der Waals surface area contributed by atoms with E-state index < -0.39 is 11.7 Å². The molecule has 5 heteroatoms. The number of hydrogen-bond donors (Lipinski definition) is 0. The summed E-state index contributed by atoms with van der Waals surface area (Å²) in [5.74, 6) is 0.0618. The van der Waals surface area contributed by atoms with Crippen LogP contribution in [0.4, 0.5) is 13.2 Å². The second kappa shape index (κ2) is 4.31. The summed E-state index contributed by atoms with van der Waals surface area (Å²) in [5, 5.41) is 0. The predicted molar refractivity (Wildman–Crippen MR) is 56.1 cm³/mol. The highest BCUT2D eigenvalue weighted by Crippen LogP contribution is 2.29. The molecule has 0 unspecified atom stereocenters. The van der Waals surface area contributed by atoms with Crippen molar-refractivity contribution in [3.63, 3.8) is 0 Å². The molecule has 0 bridgehead atoms. The van der Waals surface area contributed by atoms with Crippen molar-refractivity contribution in [2.24, 2.45) is 0 Å². The van der Waals surface area contributed by atoms with Crippen molar-refractivity contribution in [2.75, 3.05) is 0 Å². The number of aromatic nitrogens is 1. The average molecular weight is 241 g/mol. The first-order chi connectivity index (χ1) is 7.97. The van der Waals surface area contributed by atoms with Gasteiger partial charge in [-0.15, -0.1) is 0 Å². The third kappa shape index (κ3) is 2.72. The van der Waals surface area contributed by atoms with Crippen molar-refractivity contribution >= 4 is 11.9 Å². The number of pyridine rings is 1. The van der Waals surface area contributed by atoms with Crippen molar-refractivity contribution < 1.29 is 18.0 Å². The fraction of sp³-hybridized carbons (Fsp3) is 0.333. The predicted octanol–water partition coefficient (Wildman–Crippen LogP) is 3.24. The monoisotopic (exact) mass is 241 g/mol. The number of allylic oxidation sites excluding steroid dienone is 1. The minimum absolute atomic E-state index is 0.0618. The van der Waals surface area contributed by atoms with Crippen molar-refractivity contribution in [2.45, 2.75) is 25.4 Å². The first-order valence-electron chi connectivity index (χ1n) is 5.24. The van der Waals surface area contributed by atoms with E-state index in [1.54, 1.807) is 6.08 Å². The topological polar surface area (TPSA) is 30.0 Å². The summed E-state index contributed by atoms with van der Waals surface area (Å²) >= 11 is 0. The minimum atomic E-state index is -4.37. The van der Waals surface area contributed by atoms with Gasteiger partial charge in [0.25, 0.3) is 0 Å². The maximum Gasteiger partial charge on any atom is 0.417 e. The van der Waals surface area contributed by atoms with E-state index in [9.17, 15) is 18.0 Å². The third-order valence-corrected chi connectivity index (χ3v) is 2.64. The van der Waals surface area contributed by atoms with Gasteiger partial charge >= 0.3 is 6.18 Å². The summed E-state index contributed by atoms with van der Waals surface area (Å²) in [6.45, 7) is 0. The summed E-state index contributed by atoms with van der Waals surface area (Å²) in [6, 6.07) is 2.25. The number of nitrogens with zero attached hydrogens (tertiary/aromatic N) is 1. The molecule has 90 valence electrons. The second-order valence-corrected chi connectivity index (χ2v) is 3.92. The zero-order valence-electron chi connectivity index (χ0n) is 8.92. The Morgan fingerprint density at radius 2 is 2.00 bits per heavy atom. The Kier molecular flexibility index (Phi) is 3.00. The van der Waals surface area contributed by atoms with Gasteiger partial charge in [-0.05, 0) is 36.6 Å². The molecule has 1 aliphatic carbocycles. The molecule has 0 atom stereocenters. The van der Waals surface area contributed by atoms with E-state index in [0.29, 0.717) is 24.1 Å². The maximum atomic E-state index is 12.3. The Hall–Kier alpha value is -1.65. The molecule has 0 saturated heterocycles. The number of carbonyl (C=O) groups excluding carboxylic acids is 1. The lowest BCUT2D eigenvalue weighted by Gasteiger charge is -2.05. The molecule has 1 fully saturated rings. The van der Waals surface area contributed by atoms with Gasteiger partial charge in [0.1, 0.15) is 0 Å². The Morgan fingerprint density at radius 1 is 1.24 bits per heavy atom. The molecular formula is C12H10F3NO. The van der Waals surface area contributed by atoms with Gasteiger partial charge in [-0.3, -0.25) is 9.78 Å². The number of carbonyl (C=O) groups is 1. The largest absolute Gasteiger partial charge is 0.417 e. The van der Waals surface area contributed by atoms with E-state index in [4.69, 9.17) is 0 Å². The summed E-state index contributed by atoms with van der Waals surface area (Å²) in [4.78, 5) is 15.0. The minimum Gasteiger partial charge on any atom is -0.295 e. The van der Waals surface area contributed by atoms with Gasteiger partial charge < -0.3 is 0 Å².